The van der Waals surface area contributed by atoms with Crippen molar-refractivity contribution < 1.29 is 21.6 Å². The van der Waals surface area contributed by atoms with Crippen LogP contribution in [0.4, 0.5) is 13.2 Å². The molecule has 0 bridgehead atoms. The number of halogens is 3. The second-order valence-electron chi connectivity index (χ2n) is 6.78. The molecule has 5 nitrogen and oxygen atoms in total. The van der Waals surface area contributed by atoms with E-state index in [1.807, 2.05) is 19.1 Å². The summed E-state index contributed by atoms with van der Waals surface area (Å²) in [5.41, 5.74) is 2.64. The molecule has 0 amide bonds. The number of benzene rings is 2. The predicted molar refractivity (Wildman–Crippen MR) is 97.5 cm³/mol. The van der Waals surface area contributed by atoms with Gasteiger partial charge in [0.2, 0.25) is 10.0 Å². The van der Waals surface area contributed by atoms with E-state index in [1.54, 1.807) is 6.07 Å². The molecule has 0 fully saturated rings. The fraction of sp³-hybridized carbons (Fsp3) is 0.211. The van der Waals surface area contributed by atoms with Crippen molar-refractivity contribution in [2.75, 3.05) is 0 Å². The van der Waals surface area contributed by atoms with Gasteiger partial charge in [-0.15, -0.1) is 0 Å². The summed E-state index contributed by atoms with van der Waals surface area (Å²) in [6.45, 7) is 1.93. The number of hydrogen-bond donors (Lipinski definition) is 1. The monoisotopic (exact) mass is 407 g/mol. The molecule has 2 aromatic carbocycles. The number of aryl methyl sites for hydroxylation is 2. The summed E-state index contributed by atoms with van der Waals surface area (Å²) in [5, 5.41) is 8.95. The van der Waals surface area contributed by atoms with E-state index < -0.39 is 21.9 Å². The van der Waals surface area contributed by atoms with Gasteiger partial charge in [0.15, 0.2) is 5.69 Å². The molecule has 0 radical (unpaired) electrons. The smallest absolute Gasteiger partial charge is 0.232 e. The van der Waals surface area contributed by atoms with E-state index in [4.69, 9.17) is 5.14 Å². The molecular weight excluding hydrogens is 391 g/mol. The number of hydrogen-bond acceptors (Lipinski definition) is 3. The van der Waals surface area contributed by atoms with Crippen molar-refractivity contribution in [1.82, 2.24) is 9.78 Å². The van der Waals surface area contributed by atoms with Crippen LogP contribution >= 0.6 is 0 Å². The molecular formula is C19H16F3N3O2S. The van der Waals surface area contributed by atoms with Gasteiger partial charge >= 0.3 is 6.18 Å². The molecule has 0 spiro atoms. The number of nitrogens with zero attached hydrogens (tertiary/aromatic N) is 2. The molecule has 3 aromatic rings. The zero-order valence-corrected chi connectivity index (χ0v) is 15.6. The van der Waals surface area contributed by atoms with Crippen molar-refractivity contribution in [2.45, 2.75) is 30.8 Å². The summed E-state index contributed by atoms with van der Waals surface area (Å²) in [4.78, 5) is -0.121. The molecule has 0 atom stereocenters. The van der Waals surface area contributed by atoms with Crippen LogP contribution in [-0.2, 0) is 29.0 Å². The predicted octanol–water partition coefficient (Wildman–Crippen LogP) is 3.61. The Morgan fingerprint density at radius 3 is 2.36 bits per heavy atom. The van der Waals surface area contributed by atoms with Crippen molar-refractivity contribution in [1.29, 1.82) is 0 Å². The molecule has 28 heavy (non-hydrogen) atoms. The zero-order valence-electron chi connectivity index (χ0n) is 14.8. The second-order valence-corrected chi connectivity index (χ2v) is 8.35. The van der Waals surface area contributed by atoms with Crippen molar-refractivity contribution in [2.24, 2.45) is 5.14 Å². The van der Waals surface area contributed by atoms with Crippen LogP contribution in [0.2, 0.25) is 0 Å². The fourth-order valence-electron chi connectivity index (χ4n) is 3.58. The highest BCUT2D eigenvalue weighted by Crippen LogP contribution is 2.42. The van der Waals surface area contributed by atoms with Crippen LogP contribution in [0.5, 0.6) is 0 Å². The number of sulfonamides is 1. The number of fused-ring (bicyclic) bond motifs is 3. The van der Waals surface area contributed by atoms with E-state index in [0.717, 1.165) is 11.1 Å². The Morgan fingerprint density at radius 2 is 1.75 bits per heavy atom. The number of nitrogens with two attached hydrogens (primary N) is 1. The van der Waals surface area contributed by atoms with Gasteiger partial charge in [0.05, 0.1) is 16.3 Å². The highest BCUT2D eigenvalue weighted by molar-refractivity contribution is 7.89. The van der Waals surface area contributed by atoms with E-state index in [-0.39, 0.29) is 16.9 Å². The molecule has 1 aromatic heterocycles. The lowest BCUT2D eigenvalue weighted by atomic mass is 9.87. The minimum Gasteiger partial charge on any atom is -0.232 e. The third-order valence-electron chi connectivity index (χ3n) is 4.82. The number of primary sulfonamides is 1. The van der Waals surface area contributed by atoms with Crippen molar-refractivity contribution in [3.05, 3.63) is 64.8 Å². The number of rotatable bonds is 2. The van der Waals surface area contributed by atoms with Gasteiger partial charge in [-0.25, -0.2) is 18.2 Å². The number of aromatic nitrogens is 2. The van der Waals surface area contributed by atoms with Crippen LogP contribution in [0.15, 0.2) is 47.4 Å². The molecule has 0 saturated heterocycles. The molecule has 1 aliphatic rings. The lowest BCUT2D eigenvalue weighted by molar-refractivity contribution is -0.141. The van der Waals surface area contributed by atoms with E-state index in [0.29, 0.717) is 23.4 Å². The van der Waals surface area contributed by atoms with Crippen molar-refractivity contribution in [3.63, 3.8) is 0 Å². The Hall–Kier alpha value is -2.65. The van der Waals surface area contributed by atoms with Crippen LogP contribution in [0.1, 0.15) is 22.4 Å². The first-order valence-corrected chi connectivity index (χ1v) is 10.0. The highest BCUT2D eigenvalue weighted by atomic mass is 32.2. The SMILES string of the molecule is Cc1ccc2c(c1)CCc1c(C(F)(F)F)nn(-c3ccc(S(N)(=O)=O)cc3)c1-2. The standard InChI is InChI=1S/C19H16F3N3O2S/c1-11-2-8-15-12(10-11)3-9-16-17(15)25(24-18(16)19(20,21)22)13-4-6-14(7-5-13)28(23,26)27/h2,4-8,10H,3,9H2,1H3,(H2,23,26,27). The maximum absolute atomic E-state index is 13.6. The van der Waals surface area contributed by atoms with Crippen molar-refractivity contribution in [3.8, 4) is 16.9 Å². The highest BCUT2D eigenvalue weighted by Gasteiger charge is 2.40. The van der Waals surface area contributed by atoms with E-state index >= 15 is 0 Å². The van der Waals surface area contributed by atoms with E-state index in [1.165, 1.54) is 28.9 Å². The Labute approximate surface area is 159 Å². The molecule has 1 aliphatic carbocycles. The van der Waals surface area contributed by atoms with Crippen molar-refractivity contribution >= 4 is 10.0 Å². The summed E-state index contributed by atoms with van der Waals surface area (Å²) in [7, 11) is -3.90. The van der Waals surface area contributed by atoms with Crippen LogP contribution in [0.25, 0.3) is 16.9 Å². The average Bonchev–Trinajstić information content (AvgIpc) is 3.01. The summed E-state index contributed by atoms with van der Waals surface area (Å²) in [6.07, 6.45) is -3.85. The van der Waals surface area contributed by atoms with Crippen LogP contribution in [0, 0.1) is 6.92 Å². The topological polar surface area (TPSA) is 78.0 Å². The van der Waals surface area contributed by atoms with Gasteiger partial charge < -0.3 is 0 Å². The molecule has 0 unspecified atom stereocenters. The van der Waals surface area contributed by atoms with Gasteiger partial charge in [0.1, 0.15) is 0 Å². The van der Waals surface area contributed by atoms with Gasteiger partial charge in [0, 0.05) is 11.1 Å². The minimum atomic E-state index is -4.59. The molecule has 146 valence electrons. The first-order chi connectivity index (χ1) is 13.1. The Kier molecular flexibility index (Phi) is 4.13. The number of alkyl halides is 3. The second kappa shape index (κ2) is 6.18. The summed E-state index contributed by atoms with van der Waals surface area (Å²) >= 11 is 0. The summed E-state index contributed by atoms with van der Waals surface area (Å²) in [5.74, 6) is 0. The quantitative estimate of drug-likeness (QED) is 0.705. The van der Waals surface area contributed by atoms with E-state index in [9.17, 15) is 21.6 Å². The first kappa shape index (κ1) is 18.7. The fourth-order valence-corrected chi connectivity index (χ4v) is 4.09. The largest absolute Gasteiger partial charge is 0.435 e. The normalized spacial score (nSPS) is 13.9. The Balaban J connectivity index is 1.96. The third-order valence-corrected chi connectivity index (χ3v) is 5.75. The molecule has 0 saturated carbocycles. The Bertz CT molecular complexity index is 1180. The minimum absolute atomic E-state index is 0.121. The van der Waals surface area contributed by atoms with Crippen LogP contribution in [0.3, 0.4) is 0 Å². The maximum Gasteiger partial charge on any atom is 0.435 e. The summed E-state index contributed by atoms with van der Waals surface area (Å²) < 4.78 is 64.9. The van der Waals surface area contributed by atoms with Gasteiger partial charge in [-0.1, -0.05) is 23.8 Å². The first-order valence-electron chi connectivity index (χ1n) is 8.48. The van der Waals surface area contributed by atoms with Gasteiger partial charge in [0.25, 0.3) is 0 Å². The van der Waals surface area contributed by atoms with Gasteiger partial charge in [-0.05, 0) is 49.6 Å². The maximum atomic E-state index is 13.6. The summed E-state index contributed by atoms with van der Waals surface area (Å²) in [6, 6.07) is 10.9. The lowest BCUT2D eigenvalue weighted by Crippen LogP contribution is -2.12. The molecule has 9 heteroatoms. The third kappa shape index (κ3) is 3.10. The molecule has 0 aliphatic heterocycles. The van der Waals surface area contributed by atoms with Crippen LogP contribution < -0.4 is 5.14 Å². The lowest BCUT2D eigenvalue weighted by Gasteiger charge is -2.19. The Morgan fingerprint density at radius 1 is 1.07 bits per heavy atom. The zero-order chi connectivity index (χ0) is 20.3. The molecule has 1 heterocycles. The van der Waals surface area contributed by atoms with E-state index in [2.05, 4.69) is 5.10 Å². The average molecular weight is 407 g/mol. The van der Waals surface area contributed by atoms with Gasteiger partial charge in [-0.2, -0.15) is 18.3 Å². The van der Waals surface area contributed by atoms with Gasteiger partial charge in [-0.3, -0.25) is 0 Å². The molecule has 4 rings (SSSR count). The molecule has 2 N–H and O–H groups in total. The van der Waals surface area contributed by atoms with Crippen LogP contribution in [-0.4, -0.2) is 18.2 Å².